The van der Waals surface area contributed by atoms with Gasteiger partial charge in [0.05, 0.1) is 6.10 Å². The first-order chi connectivity index (χ1) is 9.69. The van der Waals surface area contributed by atoms with Crippen LogP contribution in [0.25, 0.3) is 0 Å². The zero-order chi connectivity index (χ0) is 14.4. The van der Waals surface area contributed by atoms with E-state index in [1.54, 1.807) is 0 Å². The molecular weight excluding hydrogens is 246 g/mol. The molecule has 2 rings (SSSR count). The summed E-state index contributed by atoms with van der Waals surface area (Å²) in [7, 11) is 0. The number of nitrogens with two attached hydrogens (primary N) is 1. The average molecular weight is 275 g/mol. The highest BCUT2D eigenvalue weighted by atomic mass is 16.3. The SMILES string of the molecule is CC(c1ccccc1)C(O)C1(CN)CCCCCCC1. The molecule has 0 aromatic heterocycles. The second kappa shape index (κ2) is 7.24. The van der Waals surface area contributed by atoms with E-state index in [0.29, 0.717) is 6.54 Å². The molecule has 1 aromatic rings. The summed E-state index contributed by atoms with van der Waals surface area (Å²) in [4.78, 5) is 0. The monoisotopic (exact) mass is 275 g/mol. The molecule has 2 nitrogen and oxygen atoms in total. The quantitative estimate of drug-likeness (QED) is 0.877. The number of hydrogen-bond donors (Lipinski definition) is 2. The van der Waals surface area contributed by atoms with Crippen LogP contribution in [0, 0.1) is 5.41 Å². The van der Waals surface area contributed by atoms with Crippen molar-refractivity contribution in [2.45, 2.75) is 63.9 Å². The molecule has 2 unspecified atom stereocenters. The Balaban J connectivity index is 2.16. The summed E-state index contributed by atoms with van der Waals surface area (Å²) < 4.78 is 0. The van der Waals surface area contributed by atoms with Gasteiger partial charge in [-0.15, -0.1) is 0 Å². The molecule has 112 valence electrons. The molecule has 0 saturated heterocycles. The third-order valence-corrected chi connectivity index (χ3v) is 5.18. The first-order valence-corrected chi connectivity index (χ1v) is 8.13. The van der Waals surface area contributed by atoms with Gasteiger partial charge in [0.25, 0.3) is 0 Å². The first kappa shape index (κ1) is 15.5. The molecule has 0 heterocycles. The fraction of sp³-hybridized carbons (Fsp3) is 0.667. The van der Waals surface area contributed by atoms with Crippen molar-refractivity contribution in [1.82, 2.24) is 0 Å². The highest BCUT2D eigenvalue weighted by Crippen LogP contribution is 2.41. The fourth-order valence-corrected chi connectivity index (χ4v) is 3.70. The summed E-state index contributed by atoms with van der Waals surface area (Å²) >= 11 is 0. The van der Waals surface area contributed by atoms with Gasteiger partial charge >= 0.3 is 0 Å². The van der Waals surface area contributed by atoms with Gasteiger partial charge in [-0.1, -0.05) is 69.4 Å². The number of aliphatic hydroxyl groups excluding tert-OH is 1. The molecule has 0 spiro atoms. The Morgan fingerprint density at radius 3 is 2.15 bits per heavy atom. The molecule has 1 fully saturated rings. The Morgan fingerprint density at radius 2 is 1.60 bits per heavy atom. The number of benzene rings is 1. The molecule has 1 aliphatic rings. The molecule has 2 atom stereocenters. The van der Waals surface area contributed by atoms with Crippen LogP contribution in [0.5, 0.6) is 0 Å². The van der Waals surface area contributed by atoms with Gasteiger partial charge in [-0.2, -0.15) is 0 Å². The topological polar surface area (TPSA) is 46.2 Å². The van der Waals surface area contributed by atoms with Crippen molar-refractivity contribution in [3.8, 4) is 0 Å². The van der Waals surface area contributed by atoms with Crippen molar-refractivity contribution in [1.29, 1.82) is 0 Å². The highest BCUT2D eigenvalue weighted by molar-refractivity contribution is 5.21. The van der Waals surface area contributed by atoms with Gasteiger partial charge in [0.1, 0.15) is 0 Å². The van der Waals surface area contributed by atoms with Crippen molar-refractivity contribution >= 4 is 0 Å². The zero-order valence-electron chi connectivity index (χ0n) is 12.7. The predicted molar refractivity (Wildman–Crippen MR) is 84.7 cm³/mol. The molecule has 3 N–H and O–H groups in total. The summed E-state index contributed by atoms with van der Waals surface area (Å²) in [6, 6.07) is 10.3. The molecular formula is C18H29NO. The van der Waals surface area contributed by atoms with Crippen molar-refractivity contribution in [3.63, 3.8) is 0 Å². The van der Waals surface area contributed by atoms with Crippen LogP contribution in [0.4, 0.5) is 0 Å². The molecule has 1 aromatic carbocycles. The van der Waals surface area contributed by atoms with Crippen LogP contribution in [0.15, 0.2) is 30.3 Å². The van der Waals surface area contributed by atoms with Gasteiger partial charge in [-0.25, -0.2) is 0 Å². The van der Waals surface area contributed by atoms with Crippen molar-refractivity contribution in [2.24, 2.45) is 11.1 Å². The van der Waals surface area contributed by atoms with E-state index in [4.69, 9.17) is 5.73 Å². The van der Waals surface area contributed by atoms with Crippen molar-refractivity contribution < 1.29 is 5.11 Å². The third kappa shape index (κ3) is 3.42. The molecule has 1 aliphatic carbocycles. The first-order valence-electron chi connectivity index (χ1n) is 8.13. The Labute approximate surface area is 123 Å². The van der Waals surface area contributed by atoms with Gasteiger partial charge in [0.2, 0.25) is 0 Å². The summed E-state index contributed by atoms with van der Waals surface area (Å²) in [5.41, 5.74) is 7.25. The molecule has 1 saturated carbocycles. The van der Waals surface area contributed by atoms with Crippen LogP contribution in [0.2, 0.25) is 0 Å². The van der Waals surface area contributed by atoms with E-state index in [1.165, 1.54) is 37.7 Å². The maximum atomic E-state index is 11.0. The van der Waals surface area contributed by atoms with E-state index in [2.05, 4.69) is 19.1 Å². The molecule has 2 heteroatoms. The Hall–Kier alpha value is -0.860. The van der Waals surface area contributed by atoms with Crippen LogP contribution >= 0.6 is 0 Å². The lowest BCUT2D eigenvalue weighted by molar-refractivity contribution is -0.00527. The van der Waals surface area contributed by atoms with Gasteiger partial charge in [0, 0.05) is 17.9 Å². The lowest BCUT2D eigenvalue weighted by Crippen LogP contribution is -2.45. The van der Waals surface area contributed by atoms with E-state index < -0.39 is 0 Å². The lowest BCUT2D eigenvalue weighted by Gasteiger charge is -2.41. The Morgan fingerprint density at radius 1 is 1.05 bits per heavy atom. The van der Waals surface area contributed by atoms with Crippen LogP contribution in [0.3, 0.4) is 0 Å². The number of aliphatic hydroxyl groups is 1. The highest BCUT2D eigenvalue weighted by Gasteiger charge is 2.39. The maximum absolute atomic E-state index is 11.0. The largest absolute Gasteiger partial charge is 0.392 e. The van der Waals surface area contributed by atoms with E-state index in [-0.39, 0.29) is 17.4 Å². The lowest BCUT2D eigenvalue weighted by atomic mass is 9.68. The minimum Gasteiger partial charge on any atom is -0.392 e. The summed E-state index contributed by atoms with van der Waals surface area (Å²) in [5.74, 6) is 0.152. The maximum Gasteiger partial charge on any atom is 0.0674 e. The van der Waals surface area contributed by atoms with Crippen molar-refractivity contribution in [3.05, 3.63) is 35.9 Å². The third-order valence-electron chi connectivity index (χ3n) is 5.18. The smallest absolute Gasteiger partial charge is 0.0674 e. The zero-order valence-corrected chi connectivity index (χ0v) is 12.7. The average Bonchev–Trinajstić information content (AvgIpc) is 2.47. The Kier molecular flexibility index (Phi) is 5.62. The van der Waals surface area contributed by atoms with E-state index in [9.17, 15) is 5.11 Å². The van der Waals surface area contributed by atoms with Gasteiger partial charge in [-0.05, 0) is 18.4 Å². The molecule has 0 bridgehead atoms. The molecule has 20 heavy (non-hydrogen) atoms. The fourth-order valence-electron chi connectivity index (χ4n) is 3.70. The number of hydrogen-bond acceptors (Lipinski definition) is 2. The van der Waals surface area contributed by atoms with Crippen LogP contribution < -0.4 is 5.73 Å². The Bertz CT molecular complexity index is 382. The van der Waals surface area contributed by atoms with E-state index in [1.807, 2.05) is 18.2 Å². The number of rotatable bonds is 4. The second-order valence-corrected chi connectivity index (χ2v) is 6.48. The minimum atomic E-state index is -0.340. The summed E-state index contributed by atoms with van der Waals surface area (Å²) in [6.45, 7) is 2.74. The van der Waals surface area contributed by atoms with Crippen LogP contribution in [0.1, 0.15) is 63.4 Å². The van der Waals surface area contributed by atoms with Crippen LogP contribution in [-0.4, -0.2) is 17.8 Å². The minimum absolute atomic E-state index is 0.0876. The van der Waals surface area contributed by atoms with E-state index in [0.717, 1.165) is 12.8 Å². The van der Waals surface area contributed by atoms with Gasteiger partial charge in [0.15, 0.2) is 0 Å². The van der Waals surface area contributed by atoms with E-state index >= 15 is 0 Å². The molecule has 0 radical (unpaired) electrons. The normalized spacial score (nSPS) is 22.6. The molecule has 0 amide bonds. The predicted octanol–water partition coefficient (Wildman–Crippen LogP) is 3.84. The molecule has 0 aliphatic heterocycles. The second-order valence-electron chi connectivity index (χ2n) is 6.48. The van der Waals surface area contributed by atoms with Crippen LogP contribution in [-0.2, 0) is 0 Å². The summed E-state index contributed by atoms with van der Waals surface area (Å²) in [5, 5.41) is 11.0. The van der Waals surface area contributed by atoms with Crippen molar-refractivity contribution in [2.75, 3.05) is 6.54 Å². The van der Waals surface area contributed by atoms with Gasteiger partial charge in [-0.3, -0.25) is 0 Å². The standard InChI is InChI=1S/C18H29NO/c1-15(16-10-6-5-7-11-16)17(20)18(14-19)12-8-3-2-4-9-13-18/h5-7,10-11,15,17,20H,2-4,8-9,12-14,19H2,1H3. The van der Waals surface area contributed by atoms with Gasteiger partial charge < -0.3 is 10.8 Å². The summed E-state index contributed by atoms with van der Waals surface area (Å²) in [6.07, 6.45) is 8.12.